The number of hydrogen-bond donors (Lipinski definition) is 1. The van der Waals surface area contributed by atoms with Gasteiger partial charge in [0.25, 0.3) is 0 Å². The van der Waals surface area contributed by atoms with E-state index in [1.54, 1.807) is 0 Å². The van der Waals surface area contributed by atoms with Crippen molar-refractivity contribution in [1.82, 2.24) is 0 Å². The highest BCUT2D eigenvalue weighted by Crippen LogP contribution is 2.47. The highest BCUT2D eigenvalue weighted by Gasteiger charge is 2.33. The molecule has 0 aromatic heterocycles. The van der Waals surface area contributed by atoms with E-state index in [0.717, 1.165) is 21.9 Å². The van der Waals surface area contributed by atoms with Crippen molar-refractivity contribution in [2.45, 2.75) is 5.92 Å². The molecule has 26 heavy (non-hydrogen) atoms. The molecule has 1 atom stereocenters. The zero-order chi connectivity index (χ0) is 17.7. The van der Waals surface area contributed by atoms with Crippen molar-refractivity contribution in [1.29, 1.82) is 5.26 Å². The molecule has 5 nitrogen and oxygen atoms in total. The van der Waals surface area contributed by atoms with Crippen molar-refractivity contribution in [2.24, 2.45) is 5.73 Å². The van der Waals surface area contributed by atoms with Crippen LogP contribution in [0, 0.1) is 11.3 Å². The van der Waals surface area contributed by atoms with E-state index >= 15 is 0 Å². The maximum absolute atomic E-state index is 9.76. The van der Waals surface area contributed by atoms with Crippen molar-refractivity contribution in [3.8, 4) is 23.3 Å². The molecule has 0 radical (unpaired) electrons. The fourth-order valence-corrected chi connectivity index (χ4v) is 3.67. The van der Waals surface area contributed by atoms with Crippen molar-refractivity contribution in [2.75, 3.05) is 6.79 Å². The molecule has 0 amide bonds. The molecule has 2 N–H and O–H groups in total. The first-order valence-electron chi connectivity index (χ1n) is 8.25. The summed E-state index contributed by atoms with van der Waals surface area (Å²) in [5.41, 5.74) is 8.31. The van der Waals surface area contributed by atoms with Gasteiger partial charge in [-0.25, -0.2) is 0 Å². The Kier molecular flexibility index (Phi) is 3.06. The van der Waals surface area contributed by atoms with Crippen LogP contribution in [0.4, 0.5) is 0 Å². The van der Waals surface area contributed by atoms with Crippen LogP contribution in [0.2, 0.25) is 0 Å². The number of nitrogens with two attached hydrogens (primary N) is 1. The van der Waals surface area contributed by atoms with Gasteiger partial charge in [-0.15, -0.1) is 0 Å². The molecule has 0 bridgehead atoms. The number of rotatable bonds is 1. The Morgan fingerprint density at radius 2 is 1.77 bits per heavy atom. The zero-order valence-corrected chi connectivity index (χ0v) is 13.7. The van der Waals surface area contributed by atoms with Gasteiger partial charge in [-0.05, 0) is 34.5 Å². The molecule has 5 rings (SSSR count). The minimum absolute atomic E-state index is 0.137. The molecule has 3 aromatic rings. The van der Waals surface area contributed by atoms with Gasteiger partial charge < -0.3 is 19.9 Å². The van der Waals surface area contributed by atoms with Crippen molar-refractivity contribution < 1.29 is 14.2 Å². The van der Waals surface area contributed by atoms with Gasteiger partial charge in [0.1, 0.15) is 17.4 Å². The van der Waals surface area contributed by atoms with Crippen LogP contribution in [0.25, 0.3) is 10.8 Å². The topological polar surface area (TPSA) is 77.5 Å². The summed E-state index contributed by atoms with van der Waals surface area (Å²) in [5.74, 6) is 1.85. The van der Waals surface area contributed by atoms with Gasteiger partial charge in [0.2, 0.25) is 12.7 Å². The summed E-state index contributed by atoms with van der Waals surface area (Å²) in [6.07, 6.45) is 0. The van der Waals surface area contributed by atoms with Crippen LogP contribution in [0.5, 0.6) is 17.2 Å². The highest BCUT2D eigenvalue weighted by atomic mass is 16.7. The van der Waals surface area contributed by atoms with Crippen LogP contribution in [0.3, 0.4) is 0 Å². The number of fused-ring (bicyclic) bond motifs is 4. The lowest BCUT2D eigenvalue weighted by molar-refractivity contribution is 0.174. The quantitative estimate of drug-likeness (QED) is 0.728. The lowest BCUT2D eigenvalue weighted by atomic mass is 9.81. The SMILES string of the molecule is N#CC1=C(N)Oc2ccc3ccccc3c2[C@H]1c1ccc2c(c1)OCO2. The van der Waals surface area contributed by atoms with Crippen LogP contribution in [-0.4, -0.2) is 6.79 Å². The summed E-state index contributed by atoms with van der Waals surface area (Å²) in [6.45, 7) is 0.204. The second-order valence-electron chi connectivity index (χ2n) is 6.24. The van der Waals surface area contributed by atoms with E-state index in [1.807, 2.05) is 54.6 Å². The zero-order valence-electron chi connectivity index (χ0n) is 13.7. The molecule has 2 aliphatic rings. The summed E-state index contributed by atoms with van der Waals surface area (Å²) >= 11 is 0. The second-order valence-corrected chi connectivity index (χ2v) is 6.24. The average molecular weight is 342 g/mol. The summed E-state index contributed by atoms with van der Waals surface area (Å²) in [6, 6.07) is 19.9. The van der Waals surface area contributed by atoms with E-state index in [2.05, 4.69) is 6.07 Å². The Labute approximate surface area is 149 Å². The van der Waals surface area contributed by atoms with E-state index < -0.39 is 0 Å². The molecule has 3 aromatic carbocycles. The third-order valence-corrected chi connectivity index (χ3v) is 4.84. The van der Waals surface area contributed by atoms with E-state index in [4.69, 9.17) is 19.9 Å². The molecule has 126 valence electrons. The molecule has 0 saturated carbocycles. The fraction of sp³-hybridized carbons (Fsp3) is 0.0952. The molecule has 0 spiro atoms. The Morgan fingerprint density at radius 1 is 0.962 bits per heavy atom. The van der Waals surface area contributed by atoms with Crippen LogP contribution < -0.4 is 19.9 Å². The summed E-state index contributed by atoms with van der Waals surface area (Å²) in [7, 11) is 0. The molecule has 0 unspecified atom stereocenters. The Hall–Kier alpha value is -3.65. The van der Waals surface area contributed by atoms with Gasteiger partial charge >= 0.3 is 0 Å². The molecule has 2 heterocycles. The van der Waals surface area contributed by atoms with Gasteiger partial charge in [0.15, 0.2) is 11.5 Å². The van der Waals surface area contributed by atoms with E-state index in [0.29, 0.717) is 22.8 Å². The molecular formula is C21H14N2O3. The number of nitriles is 1. The van der Waals surface area contributed by atoms with Crippen LogP contribution >= 0.6 is 0 Å². The summed E-state index contributed by atoms with van der Waals surface area (Å²) in [4.78, 5) is 0. The first-order chi connectivity index (χ1) is 12.8. The normalized spacial score (nSPS) is 17.6. The molecular weight excluding hydrogens is 328 g/mol. The Bertz CT molecular complexity index is 1130. The number of allylic oxidation sites excluding steroid dienone is 1. The number of ether oxygens (including phenoxy) is 3. The first-order valence-corrected chi connectivity index (χ1v) is 8.25. The number of hydrogen-bond acceptors (Lipinski definition) is 5. The van der Waals surface area contributed by atoms with Gasteiger partial charge in [-0.2, -0.15) is 5.26 Å². The summed E-state index contributed by atoms with van der Waals surface area (Å²) in [5, 5.41) is 11.9. The maximum Gasteiger partial charge on any atom is 0.231 e. The Balaban J connectivity index is 1.80. The van der Waals surface area contributed by atoms with E-state index in [1.165, 1.54) is 0 Å². The standard InChI is InChI=1S/C21H14N2O3/c22-10-15-19(13-6-7-16-18(9-13)25-11-24-16)20-14-4-2-1-3-12(14)5-8-17(20)26-21(15)23/h1-9,19H,11,23H2/t19-/m0/s1. The van der Waals surface area contributed by atoms with Gasteiger partial charge in [0.05, 0.1) is 5.92 Å². The highest BCUT2D eigenvalue weighted by molar-refractivity contribution is 5.90. The molecule has 5 heteroatoms. The Morgan fingerprint density at radius 3 is 2.65 bits per heavy atom. The molecule has 0 fully saturated rings. The van der Waals surface area contributed by atoms with Crippen molar-refractivity contribution >= 4 is 10.8 Å². The van der Waals surface area contributed by atoms with Crippen LogP contribution in [0.15, 0.2) is 66.1 Å². The predicted octanol–water partition coefficient (Wildman–Crippen LogP) is 3.79. The predicted molar refractivity (Wildman–Crippen MR) is 95.8 cm³/mol. The molecule has 2 aliphatic heterocycles. The van der Waals surface area contributed by atoms with Crippen molar-refractivity contribution in [3.05, 3.63) is 77.2 Å². The minimum atomic E-state index is -0.329. The fourth-order valence-electron chi connectivity index (χ4n) is 3.67. The van der Waals surface area contributed by atoms with Crippen molar-refractivity contribution in [3.63, 3.8) is 0 Å². The van der Waals surface area contributed by atoms with E-state index in [9.17, 15) is 5.26 Å². The van der Waals surface area contributed by atoms with Crippen LogP contribution in [0.1, 0.15) is 17.0 Å². The van der Waals surface area contributed by atoms with E-state index in [-0.39, 0.29) is 18.6 Å². The lowest BCUT2D eigenvalue weighted by Gasteiger charge is -2.28. The first kappa shape index (κ1) is 14.7. The molecule has 0 aliphatic carbocycles. The average Bonchev–Trinajstić information content (AvgIpc) is 3.14. The third kappa shape index (κ3) is 2.02. The van der Waals surface area contributed by atoms with Gasteiger partial charge in [0, 0.05) is 5.56 Å². The number of benzene rings is 3. The monoisotopic (exact) mass is 342 g/mol. The van der Waals surface area contributed by atoms with Gasteiger partial charge in [-0.3, -0.25) is 0 Å². The summed E-state index contributed by atoms with van der Waals surface area (Å²) < 4.78 is 16.7. The largest absolute Gasteiger partial charge is 0.454 e. The molecule has 0 saturated heterocycles. The lowest BCUT2D eigenvalue weighted by Crippen LogP contribution is -2.21. The second kappa shape index (κ2) is 5.43. The third-order valence-electron chi connectivity index (χ3n) is 4.84. The number of nitrogens with zero attached hydrogens (tertiary/aromatic N) is 1. The minimum Gasteiger partial charge on any atom is -0.454 e. The maximum atomic E-state index is 9.76. The van der Waals surface area contributed by atoms with Gasteiger partial charge in [-0.1, -0.05) is 36.4 Å². The smallest absolute Gasteiger partial charge is 0.231 e. The van der Waals surface area contributed by atoms with Crippen LogP contribution in [-0.2, 0) is 0 Å².